The zero-order chi connectivity index (χ0) is 14.4. The highest BCUT2D eigenvalue weighted by Gasteiger charge is 2.04. The first-order chi connectivity index (χ1) is 9.63. The number of carbonyl (C=O) groups is 1. The monoisotopic (exact) mass is 310 g/mol. The molecule has 20 heavy (non-hydrogen) atoms. The van der Waals surface area contributed by atoms with Gasteiger partial charge in [-0.05, 0) is 30.3 Å². The minimum absolute atomic E-state index is 0.108. The molecule has 0 atom stereocenters. The second-order valence-corrected chi connectivity index (χ2v) is 4.86. The molecule has 104 valence electrons. The van der Waals surface area contributed by atoms with E-state index in [4.69, 9.17) is 27.9 Å². The van der Waals surface area contributed by atoms with Crippen LogP contribution in [0.4, 0.5) is 0 Å². The number of hydrogen-bond donors (Lipinski definition) is 1. The van der Waals surface area contributed by atoms with Gasteiger partial charge in [0.15, 0.2) is 6.61 Å². The predicted molar refractivity (Wildman–Crippen MR) is 78.0 cm³/mol. The summed E-state index contributed by atoms with van der Waals surface area (Å²) in [5.74, 6) is 0.210. The average Bonchev–Trinajstić information content (AvgIpc) is 2.43. The molecule has 0 radical (unpaired) electrons. The zero-order valence-electron chi connectivity index (χ0n) is 10.5. The number of nitrogens with one attached hydrogen (secondary N) is 1. The van der Waals surface area contributed by atoms with E-state index in [1.165, 1.54) is 0 Å². The van der Waals surface area contributed by atoms with Crippen molar-refractivity contribution in [3.63, 3.8) is 0 Å². The Labute approximate surface area is 126 Å². The molecule has 2 rings (SSSR count). The van der Waals surface area contributed by atoms with Gasteiger partial charge in [-0.3, -0.25) is 9.78 Å². The Hall–Kier alpha value is -1.78. The Balaban J connectivity index is 1.80. The van der Waals surface area contributed by atoms with Gasteiger partial charge in [-0.15, -0.1) is 0 Å². The van der Waals surface area contributed by atoms with Crippen LogP contribution in [0.25, 0.3) is 0 Å². The lowest BCUT2D eigenvalue weighted by molar-refractivity contribution is -0.123. The van der Waals surface area contributed by atoms with Crippen molar-refractivity contribution >= 4 is 29.1 Å². The molecule has 0 bridgehead atoms. The molecule has 2 aromatic rings. The number of halogens is 2. The molecule has 0 unspecified atom stereocenters. The fourth-order valence-electron chi connectivity index (χ4n) is 1.50. The first-order valence-electron chi connectivity index (χ1n) is 5.89. The van der Waals surface area contributed by atoms with Gasteiger partial charge in [0.1, 0.15) is 5.75 Å². The number of aromatic nitrogens is 1. The van der Waals surface area contributed by atoms with Crippen LogP contribution in [0, 0.1) is 0 Å². The van der Waals surface area contributed by atoms with Gasteiger partial charge >= 0.3 is 0 Å². The molecule has 0 saturated carbocycles. The fourth-order valence-corrected chi connectivity index (χ4v) is 2.01. The Morgan fingerprint density at radius 1 is 1.20 bits per heavy atom. The van der Waals surface area contributed by atoms with Crippen LogP contribution in [0.3, 0.4) is 0 Å². The molecule has 1 aromatic heterocycles. The molecule has 0 saturated heterocycles. The standard InChI is InChI=1S/C14H12Cl2N2O2/c15-10-5-11(16)7-13(6-10)20-9-14(19)18-8-12-3-1-2-4-17-12/h1-7H,8-9H2,(H,18,19). The molecule has 1 heterocycles. The van der Waals surface area contributed by atoms with Crippen molar-refractivity contribution in [3.8, 4) is 5.75 Å². The number of nitrogens with zero attached hydrogens (tertiary/aromatic N) is 1. The number of benzene rings is 1. The molecular formula is C14H12Cl2N2O2. The van der Waals surface area contributed by atoms with Crippen molar-refractivity contribution in [2.45, 2.75) is 6.54 Å². The van der Waals surface area contributed by atoms with Gasteiger partial charge < -0.3 is 10.1 Å². The summed E-state index contributed by atoms with van der Waals surface area (Å²) in [5.41, 5.74) is 0.784. The Bertz CT molecular complexity index is 571. The SMILES string of the molecule is O=C(COc1cc(Cl)cc(Cl)c1)NCc1ccccn1. The molecule has 6 heteroatoms. The Morgan fingerprint density at radius 3 is 2.60 bits per heavy atom. The minimum atomic E-state index is -0.244. The molecular weight excluding hydrogens is 299 g/mol. The topological polar surface area (TPSA) is 51.2 Å². The quantitative estimate of drug-likeness (QED) is 0.923. The van der Waals surface area contributed by atoms with Crippen molar-refractivity contribution in [2.24, 2.45) is 0 Å². The number of carbonyl (C=O) groups excluding carboxylic acids is 1. The summed E-state index contributed by atoms with van der Waals surface area (Å²) >= 11 is 11.7. The summed E-state index contributed by atoms with van der Waals surface area (Å²) < 4.78 is 5.32. The van der Waals surface area contributed by atoms with Gasteiger partial charge in [0.25, 0.3) is 5.91 Å². The van der Waals surface area contributed by atoms with Crippen molar-refractivity contribution in [1.82, 2.24) is 10.3 Å². The molecule has 0 aliphatic rings. The zero-order valence-corrected chi connectivity index (χ0v) is 12.0. The van der Waals surface area contributed by atoms with Crippen molar-refractivity contribution in [3.05, 3.63) is 58.3 Å². The third kappa shape index (κ3) is 4.72. The number of amides is 1. The summed E-state index contributed by atoms with van der Waals surface area (Å²) in [7, 11) is 0. The predicted octanol–water partition coefficient (Wildman–Crippen LogP) is 3.08. The van der Waals surface area contributed by atoms with Crippen LogP contribution in [0.1, 0.15) is 5.69 Å². The average molecular weight is 311 g/mol. The maximum atomic E-state index is 11.6. The summed E-state index contributed by atoms with van der Waals surface area (Å²) in [4.78, 5) is 15.7. The molecule has 0 fully saturated rings. The second-order valence-electron chi connectivity index (χ2n) is 3.99. The Kier molecular flexibility index (Phi) is 5.21. The lowest BCUT2D eigenvalue weighted by Crippen LogP contribution is -2.28. The summed E-state index contributed by atoms with van der Waals surface area (Å²) in [5, 5.41) is 3.63. The third-order valence-electron chi connectivity index (χ3n) is 2.40. The van der Waals surface area contributed by atoms with Crippen LogP contribution in [0.2, 0.25) is 10.0 Å². The highest BCUT2D eigenvalue weighted by Crippen LogP contribution is 2.23. The summed E-state index contributed by atoms with van der Waals surface area (Å²) in [6.07, 6.45) is 1.67. The van der Waals surface area contributed by atoms with E-state index < -0.39 is 0 Å². The minimum Gasteiger partial charge on any atom is -0.484 e. The van der Waals surface area contributed by atoms with Crippen molar-refractivity contribution < 1.29 is 9.53 Å². The second kappa shape index (κ2) is 7.12. The van der Waals surface area contributed by atoms with E-state index in [0.29, 0.717) is 22.3 Å². The number of ether oxygens (including phenoxy) is 1. The number of pyridine rings is 1. The first-order valence-corrected chi connectivity index (χ1v) is 6.64. The van der Waals surface area contributed by atoms with Crippen molar-refractivity contribution in [2.75, 3.05) is 6.61 Å². The van der Waals surface area contributed by atoms with Crippen LogP contribution >= 0.6 is 23.2 Å². The van der Waals surface area contributed by atoms with E-state index in [1.807, 2.05) is 18.2 Å². The molecule has 4 nitrogen and oxygen atoms in total. The van der Waals surface area contributed by atoms with Gasteiger partial charge in [0.2, 0.25) is 0 Å². The van der Waals surface area contributed by atoms with Crippen LogP contribution < -0.4 is 10.1 Å². The normalized spacial score (nSPS) is 10.1. The van der Waals surface area contributed by atoms with Gasteiger partial charge in [-0.2, -0.15) is 0 Å². The van der Waals surface area contributed by atoms with E-state index in [2.05, 4.69) is 10.3 Å². The van der Waals surface area contributed by atoms with Crippen LogP contribution in [-0.2, 0) is 11.3 Å². The number of hydrogen-bond acceptors (Lipinski definition) is 3. The summed E-state index contributed by atoms with van der Waals surface area (Å²) in [6, 6.07) is 10.3. The molecule has 0 spiro atoms. The molecule has 1 N–H and O–H groups in total. The Morgan fingerprint density at radius 2 is 1.95 bits per heavy atom. The van der Waals surface area contributed by atoms with Gasteiger partial charge in [0.05, 0.1) is 12.2 Å². The smallest absolute Gasteiger partial charge is 0.258 e. The molecule has 1 aromatic carbocycles. The largest absolute Gasteiger partial charge is 0.484 e. The van der Waals surface area contributed by atoms with Crippen LogP contribution in [0.15, 0.2) is 42.6 Å². The summed E-state index contributed by atoms with van der Waals surface area (Å²) in [6.45, 7) is 0.253. The highest BCUT2D eigenvalue weighted by molar-refractivity contribution is 6.34. The van der Waals surface area contributed by atoms with Gasteiger partial charge in [0, 0.05) is 16.2 Å². The lowest BCUT2D eigenvalue weighted by atomic mass is 10.3. The van der Waals surface area contributed by atoms with Crippen molar-refractivity contribution in [1.29, 1.82) is 0 Å². The van der Waals surface area contributed by atoms with Crippen LogP contribution in [0.5, 0.6) is 5.75 Å². The van der Waals surface area contributed by atoms with E-state index in [9.17, 15) is 4.79 Å². The van der Waals surface area contributed by atoms with Gasteiger partial charge in [-0.25, -0.2) is 0 Å². The van der Waals surface area contributed by atoms with Gasteiger partial charge in [-0.1, -0.05) is 29.3 Å². The van der Waals surface area contributed by atoms with E-state index in [1.54, 1.807) is 24.4 Å². The lowest BCUT2D eigenvalue weighted by Gasteiger charge is -2.08. The number of rotatable bonds is 5. The molecule has 1 amide bonds. The van der Waals surface area contributed by atoms with Crippen LogP contribution in [-0.4, -0.2) is 17.5 Å². The molecule has 0 aliphatic carbocycles. The fraction of sp³-hybridized carbons (Fsp3) is 0.143. The highest BCUT2D eigenvalue weighted by atomic mass is 35.5. The maximum absolute atomic E-state index is 11.6. The van der Waals surface area contributed by atoms with E-state index in [0.717, 1.165) is 5.69 Å². The first kappa shape index (κ1) is 14.6. The maximum Gasteiger partial charge on any atom is 0.258 e. The van der Waals surface area contributed by atoms with E-state index in [-0.39, 0.29) is 12.5 Å². The van der Waals surface area contributed by atoms with E-state index >= 15 is 0 Å². The third-order valence-corrected chi connectivity index (χ3v) is 2.84. The molecule has 0 aliphatic heterocycles.